The van der Waals surface area contributed by atoms with Crippen LogP contribution in [0.25, 0.3) is 0 Å². The first kappa shape index (κ1) is 12.9. The van der Waals surface area contributed by atoms with Gasteiger partial charge in [0, 0.05) is 13.5 Å². The molecule has 0 aliphatic rings. The van der Waals surface area contributed by atoms with E-state index in [1.165, 1.54) is 6.92 Å². The van der Waals surface area contributed by atoms with Crippen molar-refractivity contribution in [3.8, 4) is 11.8 Å². The summed E-state index contributed by atoms with van der Waals surface area (Å²) in [6.07, 6.45) is 0. The molecule has 0 aromatic rings. The summed E-state index contributed by atoms with van der Waals surface area (Å²) in [5, 5.41) is 2.63. The highest BCUT2D eigenvalue weighted by Crippen LogP contribution is 1.77. The van der Waals surface area contributed by atoms with Crippen LogP contribution in [0.15, 0.2) is 0 Å². The molecule has 4 nitrogen and oxygen atoms in total. The molecule has 0 aromatic carbocycles. The minimum absolute atomic E-state index is 0.0388. The smallest absolute Gasteiger partial charge is 0.216 e. The number of amides is 1. The van der Waals surface area contributed by atoms with Crippen molar-refractivity contribution >= 4 is 5.91 Å². The summed E-state index contributed by atoms with van der Waals surface area (Å²) in [7, 11) is 0. The average Bonchev–Trinajstić information content (AvgIpc) is 2.15. The van der Waals surface area contributed by atoms with Crippen molar-refractivity contribution in [2.75, 3.05) is 33.0 Å². The van der Waals surface area contributed by atoms with Crippen molar-refractivity contribution in [3.05, 3.63) is 0 Å². The largest absolute Gasteiger partial charge is 0.377 e. The minimum atomic E-state index is -0.0388. The van der Waals surface area contributed by atoms with Crippen LogP contribution in [0.4, 0.5) is 0 Å². The molecule has 0 fully saturated rings. The van der Waals surface area contributed by atoms with Crippen LogP contribution in [-0.2, 0) is 14.3 Å². The summed E-state index contributed by atoms with van der Waals surface area (Å²) in [4.78, 5) is 10.4. The topological polar surface area (TPSA) is 47.6 Å². The third kappa shape index (κ3) is 11.0. The van der Waals surface area contributed by atoms with Gasteiger partial charge in [0.05, 0.1) is 19.8 Å². The molecule has 0 bridgehead atoms. The number of hydrogen-bond acceptors (Lipinski definition) is 3. The van der Waals surface area contributed by atoms with Crippen molar-refractivity contribution < 1.29 is 14.3 Å². The van der Waals surface area contributed by atoms with E-state index >= 15 is 0 Å². The highest BCUT2D eigenvalue weighted by molar-refractivity contribution is 5.72. The zero-order chi connectivity index (χ0) is 10.6. The number of nitrogens with one attached hydrogen (secondary N) is 1. The van der Waals surface area contributed by atoms with Gasteiger partial charge in [0.25, 0.3) is 0 Å². The first-order chi connectivity index (χ1) is 6.77. The summed E-state index contributed by atoms with van der Waals surface area (Å²) < 4.78 is 10.3. The molecular weight excluding hydrogens is 182 g/mol. The molecule has 0 spiro atoms. The van der Waals surface area contributed by atoms with E-state index < -0.39 is 0 Å². The summed E-state index contributed by atoms with van der Waals surface area (Å²) in [6.45, 7) is 5.83. The number of carbonyl (C=O) groups is 1. The number of ether oxygens (including phenoxy) is 2. The number of hydrogen-bond donors (Lipinski definition) is 1. The molecule has 4 heteroatoms. The Morgan fingerprint density at radius 3 is 2.64 bits per heavy atom. The Hall–Kier alpha value is -1.05. The third-order valence-electron chi connectivity index (χ3n) is 1.34. The standard InChI is InChI=1S/C10H17NO3/c1-3-4-6-13-8-9-14-7-5-11-10(2)12/h5-9H2,1-2H3,(H,11,12). The first-order valence-electron chi connectivity index (χ1n) is 4.57. The lowest BCUT2D eigenvalue weighted by molar-refractivity contribution is -0.119. The Labute approximate surface area is 85.0 Å². The monoisotopic (exact) mass is 199 g/mol. The van der Waals surface area contributed by atoms with Crippen molar-refractivity contribution in [2.24, 2.45) is 0 Å². The fourth-order valence-corrected chi connectivity index (χ4v) is 0.715. The molecule has 14 heavy (non-hydrogen) atoms. The third-order valence-corrected chi connectivity index (χ3v) is 1.34. The van der Waals surface area contributed by atoms with Gasteiger partial charge in [-0.1, -0.05) is 5.92 Å². The van der Waals surface area contributed by atoms with Gasteiger partial charge in [0.1, 0.15) is 6.61 Å². The van der Waals surface area contributed by atoms with Crippen molar-refractivity contribution in [1.82, 2.24) is 5.32 Å². The van der Waals surface area contributed by atoms with Crippen LogP contribution in [0.1, 0.15) is 13.8 Å². The van der Waals surface area contributed by atoms with E-state index in [1.807, 2.05) is 0 Å². The maximum Gasteiger partial charge on any atom is 0.216 e. The zero-order valence-corrected chi connectivity index (χ0v) is 8.76. The van der Waals surface area contributed by atoms with Gasteiger partial charge in [0.15, 0.2) is 0 Å². The van der Waals surface area contributed by atoms with Gasteiger partial charge in [0.2, 0.25) is 5.91 Å². The molecule has 0 aliphatic heterocycles. The highest BCUT2D eigenvalue weighted by atomic mass is 16.5. The molecule has 0 saturated heterocycles. The van der Waals surface area contributed by atoms with E-state index in [9.17, 15) is 4.79 Å². The summed E-state index contributed by atoms with van der Waals surface area (Å²) in [5.74, 6) is 5.47. The first-order valence-corrected chi connectivity index (χ1v) is 4.57. The van der Waals surface area contributed by atoms with Crippen molar-refractivity contribution in [2.45, 2.75) is 13.8 Å². The molecule has 0 aromatic heterocycles. The second kappa shape index (κ2) is 10.0. The lowest BCUT2D eigenvalue weighted by atomic mass is 10.6. The molecule has 0 radical (unpaired) electrons. The summed E-state index contributed by atoms with van der Waals surface area (Å²) >= 11 is 0. The van der Waals surface area contributed by atoms with E-state index in [-0.39, 0.29) is 5.91 Å². The maximum atomic E-state index is 10.4. The molecule has 1 amide bonds. The van der Waals surface area contributed by atoms with E-state index in [4.69, 9.17) is 9.47 Å². The Kier molecular flexibility index (Phi) is 9.28. The van der Waals surface area contributed by atoms with Gasteiger partial charge in [-0.05, 0) is 6.92 Å². The summed E-state index contributed by atoms with van der Waals surface area (Å²) in [5.41, 5.74) is 0. The zero-order valence-electron chi connectivity index (χ0n) is 8.76. The van der Waals surface area contributed by atoms with Gasteiger partial charge in [-0.15, -0.1) is 5.92 Å². The van der Waals surface area contributed by atoms with Crippen molar-refractivity contribution in [1.29, 1.82) is 0 Å². The van der Waals surface area contributed by atoms with Gasteiger partial charge in [-0.3, -0.25) is 4.79 Å². The van der Waals surface area contributed by atoms with Crippen LogP contribution >= 0.6 is 0 Å². The van der Waals surface area contributed by atoms with Crippen LogP contribution in [0.5, 0.6) is 0 Å². The van der Waals surface area contributed by atoms with E-state index in [1.54, 1.807) is 6.92 Å². The van der Waals surface area contributed by atoms with Crippen LogP contribution < -0.4 is 5.32 Å². The molecule has 0 aliphatic carbocycles. The predicted octanol–water partition coefficient (Wildman–Crippen LogP) is 0.179. The number of rotatable bonds is 7. The molecule has 1 N–H and O–H groups in total. The SMILES string of the molecule is CC#CCOCCOCCNC(C)=O. The molecule has 0 heterocycles. The maximum absolute atomic E-state index is 10.4. The van der Waals surface area contributed by atoms with E-state index in [0.717, 1.165) is 0 Å². The van der Waals surface area contributed by atoms with Gasteiger partial charge < -0.3 is 14.8 Å². The van der Waals surface area contributed by atoms with Gasteiger partial charge >= 0.3 is 0 Å². The quantitative estimate of drug-likeness (QED) is 0.470. The highest BCUT2D eigenvalue weighted by Gasteiger charge is 1.90. The molecule has 80 valence electrons. The van der Waals surface area contributed by atoms with Gasteiger partial charge in [-0.25, -0.2) is 0 Å². The van der Waals surface area contributed by atoms with Crippen LogP contribution in [0, 0.1) is 11.8 Å². The minimum Gasteiger partial charge on any atom is -0.377 e. The lowest BCUT2D eigenvalue weighted by Crippen LogP contribution is -2.24. The van der Waals surface area contributed by atoms with E-state index in [2.05, 4.69) is 17.2 Å². The summed E-state index contributed by atoms with van der Waals surface area (Å²) in [6, 6.07) is 0. The Morgan fingerprint density at radius 2 is 2.00 bits per heavy atom. The Bertz CT molecular complexity index is 205. The molecular formula is C10H17NO3. The normalized spacial score (nSPS) is 9.00. The fraction of sp³-hybridized carbons (Fsp3) is 0.700. The van der Waals surface area contributed by atoms with Crippen molar-refractivity contribution in [3.63, 3.8) is 0 Å². The molecule has 0 atom stereocenters. The van der Waals surface area contributed by atoms with E-state index in [0.29, 0.717) is 33.0 Å². The fourth-order valence-electron chi connectivity index (χ4n) is 0.715. The average molecular weight is 199 g/mol. The Balaban J connectivity index is 2.98. The lowest BCUT2D eigenvalue weighted by Gasteiger charge is -2.04. The number of carbonyl (C=O) groups excluding carboxylic acids is 1. The molecule has 0 unspecified atom stereocenters. The molecule has 0 saturated carbocycles. The second-order valence-electron chi connectivity index (χ2n) is 2.57. The van der Waals surface area contributed by atoms with Gasteiger partial charge in [-0.2, -0.15) is 0 Å². The van der Waals surface area contributed by atoms with Crippen LogP contribution in [0.3, 0.4) is 0 Å². The Morgan fingerprint density at radius 1 is 1.29 bits per heavy atom. The predicted molar refractivity (Wildman–Crippen MR) is 53.8 cm³/mol. The molecule has 0 rings (SSSR count). The van der Waals surface area contributed by atoms with Crippen LogP contribution in [0.2, 0.25) is 0 Å². The van der Waals surface area contributed by atoms with Crippen LogP contribution in [-0.4, -0.2) is 38.9 Å². The second-order valence-corrected chi connectivity index (χ2v) is 2.57.